The van der Waals surface area contributed by atoms with E-state index in [1.54, 1.807) is 25.5 Å². The lowest BCUT2D eigenvalue weighted by Crippen LogP contribution is -2.45. The van der Waals surface area contributed by atoms with Gasteiger partial charge in [-0.1, -0.05) is 0 Å². The molecule has 2 N–H and O–H groups in total. The fourth-order valence-electron chi connectivity index (χ4n) is 3.47. The van der Waals surface area contributed by atoms with Gasteiger partial charge in [-0.25, -0.2) is 4.98 Å². The van der Waals surface area contributed by atoms with E-state index in [1.807, 2.05) is 31.3 Å². The first-order chi connectivity index (χ1) is 14.1. The smallest absolute Gasteiger partial charge is 0.220 e. The Morgan fingerprint density at radius 2 is 2.03 bits per heavy atom. The van der Waals surface area contributed by atoms with E-state index in [2.05, 4.69) is 25.9 Å². The number of carbonyl (C=O) groups is 1. The standard InChI is InChI=1S/C21H29N5O2S/c1-22-19(27)12-15-8-10-26(11-9-15)21(23-2)24-13-17-14-29-20(25-17)16-4-6-18(28-3)7-5-16/h4-7,14-15H,8-13H2,1-3H3,(H,22,27)(H,23,24). The van der Waals surface area contributed by atoms with Crippen LogP contribution in [-0.4, -0.2) is 56.0 Å². The van der Waals surface area contributed by atoms with Crippen molar-refractivity contribution >= 4 is 23.2 Å². The summed E-state index contributed by atoms with van der Waals surface area (Å²) in [5, 5.41) is 9.21. The van der Waals surface area contributed by atoms with Crippen molar-refractivity contribution in [2.75, 3.05) is 34.3 Å². The lowest BCUT2D eigenvalue weighted by molar-refractivity contribution is -0.121. The summed E-state index contributed by atoms with van der Waals surface area (Å²) < 4.78 is 5.21. The van der Waals surface area contributed by atoms with Crippen LogP contribution in [0, 0.1) is 5.92 Å². The lowest BCUT2D eigenvalue weighted by atomic mass is 9.93. The van der Waals surface area contributed by atoms with Crippen LogP contribution < -0.4 is 15.4 Å². The third-order valence-electron chi connectivity index (χ3n) is 5.20. The molecule has 0 saturated carbocycles. The highest BCUT2D eigenvalue weighted by molar-refractivity contribution is 7.13. The number of piperidine rings is 1. The molecule has 29 heavy (non-hydrogen) atoms. The Kier molecular flexibility index (Phi) is 7.46. The van der Waals surface area contributed by atoms with E-state index < -0.39 is 0 Å². The zero-order valence-corrected chi connectivity index (χ0v) is 18.1. The van der Waals surface area contributed by atoms with Gasteiger partial charge in [-0.2, -0.15) is 0 Å². The molecule has 7 nitrogen and oxygen atoms in total. The third kappa shape index (κ3) is 5.69. The number of ether oxygens (including phenoxy) is 1. The summed E-state index contributed by atoms with van der Waals surface area (Å²) in [6, 6.07) is 7.95. The zero-order valence-electron chi connectivity index (χ0n) is 17.3. The summed E-state index contributed by atoms with van der Waals surface area (Å²) in [5.41, 5.74) is 2.08. The number of nitrogens with one attached hydrogen (secondary N) is 2. The van der Waals surface area contributed by atoms with Gasteiger partial charge in [0, 0.05) is 44.5 Å². The quantitative estimate of drug-likeness (QED) is 0.560. The molecule has 1 aliphatic rings. The van der Waals surface area contributed by atoms with Crippen LogP contribution in [0.1, 0.15) is 25.0 Å². The van der Waals surface area contributed by atoms with Crippen molar-refractivity contribution in [3.63, 3.8) is 0 Å². The molecule has 156 valence electrons. The van der Waals surface area contributed by atoms with Crippen LogP contribution in [0.25, 0.3) is 10.6 Å². The third-order valence-corrected chi connectivity index (χ3v) is 6.14. The van der Waals surface area contributed by atoms with E-state index in [0.29, 0.717) is 18.9 Å². The monoisotopic (exact) mass is 415 g/mol. The second kappa shape index (κ2) is 10.2. The SMILES string of the molecule is CN=C(NCc1csc(-c2ccc(OC)cc2)n1)N1CCC(CC(=O)NC)CC1. The summed E-state index contributed by atoms with van der Waals surface area (Å²) in [7, 11) is 5.17. The number of carbonyl (C=O) groups excluding carboxylic acids is 1. The normalized spacial score (nSPS) is 15.3. The number of hydrogen-bond acceptors (Lipinski definition) is 5. The molecule has 0 radical (unpaired) electrons. The second-order valence-corrected chi connectivity index (χ2v) is 7.94. The Labute approximate surface area is 176 Å². The van der Waals surface area contributed by atoms with Crippen LogP contribution >= 0.6 is 11.3 Å². The van der Waals surface area contributed by atoms with Crippen molar-refractivity contribution in [1.82, 2.24) is 20.5 Å². The summed E-state index contributed by atoms with van der Waals surface area (Å²) in [6.45, 7) is 2.46. The van der Waals surface area contributed by atoms with E-state index in [0.717, 1.165) is 53.9 Å². The minimum absolute atomic E-state index is 0.127. The number of hydrogen-bond donors (Lipinski definition) is 2. The Balaban J connectivity index is 1.51. The van der Waals surface area contributed by atoms with Crippen LogP contribution in [0.15, 0.2) is 34.6 Å². The van der Waals surface area contributed by atoms with Crippen molar-refractivity contribution in [3.8, 4) is 16.3 Å². The van der Waals surface area contributed by atoms with E-state index in [4.69, 9.17) is 9.72 Å². The molecule has 1 amide bonds. The van der Waals surface area contributed by atoms with Crippen molar-refractivity contribution in [1.29, 1.82) is 0 Å². The Bertz CT molecular complexity index is 826. The molecule has 0 spiro atoms. The molecule has 1 aromatic carbocycles. The molecule has 0 aliphatic carbocycles. The van der Waals surface area contributed by atoms with Crippen molar-refractivity contribution in [2.24, 2.45) is 10.9 Å². The number of thiazole rings is 1. The van der Waals surface area contributed by atoms with Gasteiger partial charge < -0.3 is 20.3 Å². The Morgan fingerprint density at radius 1 is 1.31 bits per heavy atom. The lowest BCUT2D eigenvalue weighted by Gasteiger charge is -2.34. The van der Waals surface area contributed by atoms with E-state index in [-0.39, 0.29) is 5.91 Å². The average Bonchev–Trinajstić information content (AvgIpc) is 3.24. The summed E-state index contributed by atoms with van der Waals surface area (Å²) in [5.74, 6) is 2.31. The highest BCUT2D eigenvalue weighted by atomic mass is 32.1. The molecule has 1 fully saturated rings. The number of benzene rings is 1. The van der Waals surface area contributed by atoms with Crippen molar-refractivity contribution in [2.45, 2.75) is 25.8 Å². The van der Waals surface area contributed by atoms with Gasteiger partial charge in [-0.05, 0) is 43.0 Å². The average molecular weight is 416 g/mol. The van der Waals surface area contributed by atoms with Gasteiger partial charge in [-0.15, -0.1) is 11.3 Å². The molecule has 0 atom stereocenters. The molecule has 8 heteroatoms. The van der Waals surface area contributed by atoms with Gasteiger partial charge in [0.15, 0.2) is 5.96 Å². The molecule has 0 unspecified atom stereocenters. The van der Waals surface area contributed by atoms with Gasteiger partial charge >= 0.3 is 0 Å². The van der Waals surface area contributed by atoms with Gasteiger partial charge in [-0.3, -0.25) is 9.79 Å². The molecular weight excluding hydrogens is 386 g/mol. The number of rotatable bonds is 6. The largest absolute Gasteiger partial charge is 0.497 e. The minimum Gasteiger partial charge on any atom is -0.497 e. The number of aliphatic imine (C=N–C) groups is 1. The molecule has 3 rings (SSSR count). The number of methoxy groups -OCH3 is 1. The topological polar surface area (TPSA) is 78.9 Å². The van der Waals surface area contributed by atoms with Gasteiger partial charge in [0.2, 0.25) is 5.91 Å². The predicted molar refractivity (Wildman–Crippen MR) is 117 cm³/mol. The second-order valence-electron chi connectivity index (χ2n) is 7.08. The maximum atomic E-state index is 11.6. The van der Waals surface area contributed by atoms with Crippen LogP contribution in [0.2, 0.25) is 0 Å². The molecule has 2 heterocycles. The van der Waals surface area contributed by atoms with E-state index in [1.165, 1.54) is 0 Å². The number of guanidine groups is 1. The fourth-order valence-corrected chi connectivity index (χ4v) is 4.30. The first kappa shape index (κ1) is 21.1. The first-order valence-corrected chi connectivity index (χ1v) is 10.8. The molecule has 2 aromatic rings. The highest BCUT2D eigenvalue weighted by Crippen LogP contribution is 2.26. The molecule has 0 bridgehead atoms. The van der Waals surface area contributed by atoms with Crippen LogP contribution in [0.5, 0.6) is 5.75 Å². The molecule has 1 aromatic heterocycles. The van der Waals surface area contributed by atoms with Crippen molar-refractivity contribution in [3.05, 3.63) is 35.3 Å². The van der Waals surface area contributed by atoms with Crippen LogP contribution in [0.3, 0.4) is 0 Å². The number of nitrogens with zero attached hydrogens (tertiary/aromatic N) is 3. The van der Waals surface area contributed by atoms with Crippen LogP contribution in [-0.2, 0) is 11.3 Å². The van der Waals surface area contributed by atoms with Crippen LogP contribution in [0.4, 0.5) is 0 Å². The molecular formula is C21H29N5O2S. The molecule has 1 aliphatic heterocycles. The maximum Gasteiger partial charge on any atom is 0.220 e. The van der Waals surface area contributed by atoms with E-state index in [9.17, 15) is 4.79 Å². The molecule has 1 saturated heterocycles. The van der Waals surface area contributed by atoms with Gasteiger partial charge in [0.1, 0.15) is 10.8 Å². The summed E-state index contributed by atoms with van der Waals surface area (Å²) in [6.07, 6.45) is 2.63. The number of aromatic nitrogens is 1. The van der Waals surface area contributed by atoms with Gasteiger partial charge in [0.05, 0.1) is 19.3 Å². The highest BCUT2D eigenvalue weighted by Gasteiger charge is 2.23. The first-order valence-electron chi connectivity index (χ1n) is 9.88. The summed E-state index contributed by atoms with van der Waals surface area (Å²) in [4.78, 5) is 23.0. The number of amides is 1. The predicted octanol–water partition coefficient (Wildman–Crippen LogP) is 2.74. The summed E-state index contributed by atoms with van der Waals surface area (Å²) >= 11 is 1.64. The minimum atomic E-state index is 0.127. The Morgan fingerprint density at radius 3 is 2.66 bits per heavy atom. The fraction of sp³-hybridized carbons (Fsp3) is 0.476. The van der Waals surface area contributed by atoms with E-state index >= 15 is 0 Å². The zero-order chi connectivity index (χ0) is 20.6. The van der Waals surface area contributed by atoms with Crippen molar-refractivity contribution < 1.29 is 9.53 Å². The van der Waals surface area contributed by atoms with Gasteiger partial charge in [0.25, 0.3) is 0 Å². The number of likely N-dealkylation sites (tertiary alicyclic amines) is 1. The maximum absolute atomic E-state index is 11.6. The Hall–Kier alpha value is -2.61.